The van der Waals surface area contributed by atoms with Gasteiger partial charge in [0.05, 0.1) is 12.6 Å². The summed E-state index contributed by atoms with van der Waals surface area (Å²) in [5.74, 6) is -0.554. The van der Waals surface area contributed by atoms with Gasteiger partial charge in [0.2, 0.25) is 5.91 Å². The molecule has 2 atom stereocenters. The standard InChI is InChI=1S/C20H20N4O4S2/c25-15(8-12-4-2-1-3-5-12)23-16-18(26)24-17(20(27)28)14(11-30-19(16)24)29-7-6-13-9-21-22-10-13/h1-5,9-10,16,19H,6-8,11H2,(H,21,22)(H,23,25)(H,27,28)/t16-,19-/m1/s1. The van der Waals surface area contributed by atoms with E-state index in [1.54, 1.807) is 12.4 Å². The molecule has 2 aliphatic rings. The second kappa shape index (κ2) is 8.97. The zero-order valence-corrected chi connectivity index (χ0v) is 17.5. The van der Waals surface area contributed by atoms with Crippen molar-refractivity contribution in [3.05, 3.63) is 64.5 Å². The predicted molar refractivity (Wildman–Crippen MR) is 115 cm³/mol. The minimum Gasteiger partial charge on any atom is -0.477 e. The van der Waals surface area contributed by atoms with Crippen molar-refractivity contribution in [3.8, 4) is 0 Å². The van der Waals surface area contributed by atoms with E-state index in [0.29, 0.717) is 16.4 Å². The second-order valence-corrected chi connectivity index (χ2v) is 9.19. The van der Waals surface area contributed by atoms with Crippen molar-refractivity contribution in [2.24, 2.45) is 0 Å². The molecule has 1 fully saturated rings. The summed E-state index contributed by atoms with van der Waals surface area (Å²) in [6.07, 6.45) is 4.47. The van der Waals surface area contributed by atoms with Crippen molar-refractivity contribution in [1.82, 2.24) is 20.4 Å². The minimum atomic E-state index is -1.12. The highest BCUT2D eigenvalue weighted by molar-refractivity contribution is 8.06. The molecular weight excluding hydrogens is 424 g/mol. The highest BCUT2D eigenvalue weighted by Gasteiger charge is 2.54. The summed E-state index contributed by atoms with van der Waals surface area (Å²) < 4.78 is 0. The third kappa shape index (κ3) is 4.24. The van der Waals surface area contributed by atoms with E-state index < -0.39 is 12.0 Å². The van der Waals surface area contributed by atoms with Crippen LogP contribution in [0.2, 0.25) is 0 Å². The molecule has 2 aliphatic heterocycles. The van der Waals surface area contributed by atoms with Crippen LogP contribution in [0.5, 0.6) is 0 Å². The molecule has 3 N–H and O–H groups in total. The number of fused-ring (bicyclic) bond motifs is 1. The Morgan fingerprint density at radius 1 is 1.30 bits per heavy atom. The first-order chi connectivity index (χ1) is 14.5. The van der Waals surface area contributed by atoms with Crippen LogP contribution in [-0.2, 0) is 27.2 Å². The summed E-state index contributed by atoms with van der Waals surface area (Å²) in [5.41, 5.74) is 1.94. The lowest BCUT2D eigenvalue weighted by Crippen LogP contribution is -2.70. The van der Waals surface area contributed by atoms with Crippen LogP contribution in [0.3, 0.4) is 0 Å². The molecule has 4 rings (SSSR count). The molecule has 1 aromatic heterocycles. The SMILES string of the molecule is O=C(Cc1ccccc1)N[C@@H]1C(=O)N2C(C(=O)O)=C(SCCc3cn[nH]c3)CS[C@H]12. The fourth-order valence-electron chi connectivity index (χ4n) is 3.41. The number of carboxylic acids is 1. The number of aryl methyl sites for hydroxylation is 1. The number of benzene rings is 1. The molecule has 0 saturated carbocycles. The number of rotatable bonds is 8. The van der Waals surface area contributed by atoms with Gasteiger partial charge in [0, 0.05) is 22.6 Å². The molecule has 30 heavy (non-hydrogen) atoms. The summed E-state index contributed by atoms with van der Waals surface area (Å²) in [6.45, 7) is 0. The van der Waals surface area contributed by atoms with E-state index in [1.165, 1.54) is 28.4 Å². The van der Waals surface area contributed by atoms with Crippen LogP contribution in [0.15, 0.2) is 53.3 Å². The number of aliphatic carboxylic acids is 1. The smallest absolute Gasteiger partial charge is 0.353 e. The maximum Gasteiger partial charge on any atom is 0.353 e. The van der Waals surface area contributed by atoms with Crippen LogP contribution in [-0.4, -0.2) is 60.9 Å². The number of carboxylic acid groups (broad SMARTS) is 1. The number of β-lactam (4-membered cyclic amide) rings is 1. The molecule has 0 unspecified atom stereocenters. The average Bonchev–Trinajstić information content (AvgIpc) is 3.25. The van der Waals surface area contributed by atoms with Gasteiger partial charge in [-0.1, -0.05) is 30.3 Å². The number of carbonyl (C=O) groups is 3. The van der Waals surface area contributed by atoms with E-state index in [9.17, 15) is 19.5 Å². The van der Waals surface area contributed by atoms with Gasteiger partial charge in [0.15, 0.2) is 0 Å². The number of nitrogens with zero attached hydrogens (tertiary/aromatic N) is 2. The van der Waals surface area contributed by atoms with Gasteiger partial charge in [-0.05, 0) is 17.5 Å². The summed E-state index contributed by atoms with van der Waals surface area (Å²) >= 11 is 2.93. The van der Waals surface area contributed by atoms with Crippen molar-refractivity contribution in [2.75, 3.05) is 11.5 Å². The van der Waals surface area contributed by atoms with E-state index in [1.807, 2.05) is 30.3 Å². The molecule has 2 aromatic rings. The van der Waals surface area contributed by atoms with Crippen LogP contribution in [0.25, 0.3) is 0 Å². The van der Waals surface area contributed by atoms with Crippen LogP contribution >= 0.6 is 23.5 Å². The second-order valence-electron chi connectivity index (χ2n) is 6.90. The summed E-state index contributed by atoms with van der Waals surface area (Å²) in [7, 11) is 0. The van der Waals surface area contributed by atoms with Crippen LogP contribution in [0.4, 0.5) is 0 Å². The van der Waals surface area contributed by atoms with Gasteiger partial charge in [-0.25, -0.2) is 4.79 Å². The molecule has 0 spiro atoms. The molecule has 3 heterocycles. The van der Waals surface area contributed by atoms with Gasteiger partial charge in [-0.2, -0.15) is 5.10 Å². The molecule has 0 radical (unpaired) electrons. The molecule has 156 valence electrons. The van der Waals surface area contributed by atoms with Crippen molar-refractivity contribution in [2.45, 2.75) is 24.3 Å². The summed E-state index contributed by atoms with van der Waals surface area (Å²) in [5, 5.41) is 18.7. The normalized spacial score (nSPS) is 20.5. The lowest BCUT2D eigenvalue weighted by Gasteiger charge is -2.49. The van der Waals surface area contributed by atoms with E-state index >= 15 is 0 Å². The van der Waals surface area contributed by atoms with Gasteiger partial charge in [-0.15, -0.1) is 23.5 Å². The van der Waals surface area contributed by atoms with E-state index in [0.717, 1.165) is 17.5 Å². The molecule has 2 amide bonds. The third-order valence-corrected chi connectivity index (χ3v) is 7.44. The number of aromatic nitrogens is 2. The van der Waals surface area contributed by atoms with Crippen LogP contribution in [0.1, 0.15) is 11.1 Å². The average molecular weight is 445 g/mol. The Bertz CT molecular complexity index is 978. The zero-order chi connectivity index (χ0) is 21.1. The number of thioether (sulfide) groups is 2. The first kappa shape index (κ1) is 20.5. The van der Waals surface area contributed by atoms with Gasteiger partial charge in [-0.3, -0.25) is 19.6 Å². The minimum absolute atomic E-state index is 0.0366. The Morgan fingerprint density at radius 2 is 2.10 bits per heavy atom. The summed E-state index contributed by atoms with van der Waals surface area (Å²) in [4.78, 5) is 38.9. The van der Waals surface area contributed by atoms with Crippen molar-refractivity contribution < 1.29 is 19.5 Å². The maximum atomic E-state index is 12.7. The number of hydrogen-bond donors (Lipinski definition) is 3. The highest BCUT2D eigenvalue weighted by Crippen LogP contribution is 2.43. The van der Waals surface area contributed by atoms with E-state index in [2.05, 4.69) is 15.5 Å². The quantitative estimate of drug-likeness (QED) is 0.530. The van der Waals surface area contributed by atoms with Gasteiger partial charge in [0.25, 0.3) is 5.91 Å². The molecule has 1 saturated heterocycles. The molecule has 0 bridgehead atoms. The Balaban J connectivity index is 1.39. The third-order valence-electron chi connectivity index (χ3n) is 4.88. The Kier molecular flexibility index (Phi) is 6.14. The van der Waals surface area contributed by atoms with Gasteiger partial charge >= 0.3 is 5.97 Å². The Morgan fingerprint density at radius 3 is 2.80 bits per heavy atom. The lowest BCUT2D eigenvalue weighted by atomic mass is 10.0. The largest absolute Gasteiger partial charge is 0.477 e. The topological polar surface area (TPSA) is 115 Å². The number of hydrogen-bond acceptors (Lipinski definition) is 6. The van der Waals surface area contributed by atoms with Gasteiger partial charge in [0.1, 0.15) is 17.1 Å². The zero-order valence-electron chi connectivity index (χ0n) is 15.9. The molecule has 1 aromatic carbocycles. The predicted octanol–water partition coefficient (Wildman–Crippen LogP) is 1.62. The van der Waals surface area contributed by atoms with Crippen molar-refractivity contribution >= 4 is 41.3 Å². The number of H-pyrrole nitrogens is 1. The molecule has 8 nitrogen and oxygen atoms in total. The number of aromatic amines is 1. The first-order valence-corrected chi connectivity index (χ1v) is 11.4. The van der Waals surface area contributed by atoms with E-state index in [4.69, 9.17) is 0 Å². The number of amides is 2. The Hall–Kier alpha value is -2.72. The van der Waals surface area contributed by atoms with Crippen LogP contribution < -0.4 is 5.32 Å². The Labute approximate surface area is 181 Å². The number of nitrogens with one attached hydrogen (secondary N) is 2. The number of carbonyl (C=O) groups excluding carboxylic acids is 2. The summed E-state index contributed by atoms with van der Waals surface area (Å²) in [6, 6.07) is 8.58. The maximum absolute atomic E-state index is 12.7. The van der Waals surface area contributed by atoms with E-state index in [-0.39, 0.29) is 29.3 Å². The van der Waals surface area contributed by atoms with Crippen molar-refractivity contribution in [1.29, 1.82) is 0 Å². The molecule has 10 heteroatoms. The molecular formula is C20H20N4O4S2. The fraction of sp³-hybridized carbons (Fsp3) is 0.300. The molecule has 0 aliphatic carbocycles. The van der Waals surface area contributed by atoms with Crippen molar-refractivity contribution in [3.63, 3.8) is 0 Å². The highest BCUT2D eigenvalue weighted by atomic mass is 32.2. The fourth-order valence-corrected chi connectivity index (χ4v) is 6.05. The monoisotopic (exact) mass is 444 g/mol. The lowest BCUT2D eigenvalue weighted by molar-refractivity contribution is -0.150. The van der Waals surface area contributed by atoms with Crippen LogP contribution in [0, 0.1) is 0 Å². The first-order valence-electron chi connectivity index (χ1n) is 9.39. The van der Waals surface area contributed by atoms with Gasteiger partial charge < -0.3 is 10.4 Å².